The summed E-state index contributed by atoms with van der Waals surface area (Å²) in [7, 11) is 0. The van der Waals surface area contributed by atoms with Crippen LogP contribution in [-0.2, 0) is 0 Å². The number of rotatable bonds is 3. The van der Waals surface area contributed by atoms with Gasteiger partial charge in [-0.25, -0.2) is 4.98 Å². The SMILES string of the molecule is Cc1cccc(N2CCCC(NC(=O)c3ccno3)C2)n1. The van der Waals surface area contributed by atoms with Crippen molar-refractivity contribution in [1.82, 2.24) is 15.5 Å². The lowest BCUT2D eigenvalue weighted by molar-refractivity contribution is 0.0895. The van der Waals surface area contributed by atoms with Crippen molar-refractivity contribution in [1.29, 1.82) is 0 Å². The molecule has 0 bridgehead atoms. The normalized spacial score (nSPS) is 18.5. The highest BCUT2D eigenvalue weighted by atomic mass is 16.5. The Morgan fingerprint density at radius 3 is 3.10 bits per heavy atom. The molecule has 6 nitrogen and oxygen atoms in total. The molecule has 1 amide bonds. The standard InChI is InChI=1S/C15H18N4O2/c1-11-4-2-6-14(17-11)19-9-3-5-12(10-19)18-15(20)13-7-8-16-21-13/h2,4,6-8,12H,3,5,9-10H2,1H3,(H,18,20). The summed E-state index contributed by atoms with van der Waals surface area (Å²) >= 11 is 0. The first-order valence-corrected chi connectivity index (χ1v) is 7.12. The van der Waals surface area contributed by atoms with Crippen LogP contribution < -0.4 is 10.2 Å². The van der Waals surface area contributed by atoms with Crippen molar-refractivity contribution in [3.8, 4) is 0 Å². The number of carbonyl (C=O) groups excluding carboxylic acids is 1. The fourth-order valence-corrected chi connectivity index (χ4v) is 2.60. The van der Waals surface area contributed by atoms with E-state index in [1.54, 1.807) is 6.07 Å². The molecule has 0 aliphatic carbocycles. The number of hydrogen-bond donors (Lipinski definition) is 1. The van der Waals surface area contributed by atoms with Gasteiger partial charge < -0.3 is 14.7 Å². The highest BCUT2D eigenvalue weighted by molar-refractivity contribution is 5.91. The molecule has 3 heterocycles. The molecule has 0 spiro atoms. The molecule has 3 rings (SSSR count). The van der Waals surface area contributed by atoms with Crippen LogP contribution in [0.1, 0.15) is 29.1 Å². The number of piperidine rings is 1. The molecule has 110 valence electrons. The highest BCUT2D eigenvalue weighted by Gasteiger charge is 2.23. The number of pyridine rings is 1. The number of hydrogen-bond acceptors (Lipinski definition) is 5. The van der Waals surface area contributed by atoms with Crippen LogP contribution in [-0.4, -0.2) is 35.2 Å². The smallest absolute Gasteiger partial charge is 0.290 e. The van der Waals surface area contributed by atoms with Crippen molar-refractivity contribution in [2.45, 2.75) is 25.8 Å². The summed E-state index contributed by atoms with van der Waals surface area (Å²) in [6.45, 7) is 3.71. The van der Waals surface area contributed by atoms with E-state index in [1.165, 1.54) is 6.20 Å². The maximum absolute atomic E-state index is 12.0. The molecular formula is C15H18N4O2. The molecule has 0 saturated carbocycles. The predicted octanol–water partition coefficient (Wildman–Crippen LogP) is 1.78. The van der Waals surface area contributed by atoms with Gasteiger partial charge in [0.15, 0.2) is 0 Å². The molecule has 1 aliphatic heterocycles. The van der Waals surface area contributed by atoms with E-state index in [4.69, 9.17) is 4.52 Å². The summed E-state index contributed by atoms with van der Waals surface area (Å²) < 4.78 is 4.88. The second-order valence-electron chi connectivity index (χ2n) is 5.27. The third-order valence-corrected chi connectivity index (χ3v) is 3.62. The highest BCUT2D eigenvalue weighted by Crippen LogP contribution is 2.18. The van der Waals surface area contributed by atoms with Crippen molar-refractivity contribution < 1.29 is 9.32 Å². The minimum atomic E-state index is -0.212. The average molecular weight is 286 g/mol. The van der Waals surface area contributed by atoms with Gasteiger partial charge in [-0.2, -0.15) is 0 Å². The summed E-state index contributed by atoms with van der Waals surface area (Å²) in [6, 6.07) is 7.66. The number of amides is 1. The lowest BCUT2D eigenvalue weighted by Crippen LogP contribution is -2.48. The van der Waals surface area contributed by atoms with Gasteiger partial charge in [-0.3, -0.25) is 4.79 Å². The molecule has 21 heavy (non-hydrogen) atoms. The Labute approximate surface area is 123 Å². The fourth-order valence-electron chi connectivity index (χ4n) is 2.60. The van der Waals surface area contributed by atoms with E-state index in [0.717, 1.165) is 37.4 Å². The minimum absolute atomic E-state index is 0.0960. The van der Waals surface area contributed by atoms with Crippen LogP contribution in [0.4, 0.5) is 5.82 Å². The fraction of sp³-hybridized carbons (Fsp3) is 0.400. The number of aryl methyl sites for hydroxylation is 1. The monoisotopic (exact) mass is 286 g/mol. The molecule has 0 aromatic carbocycles. The Bertz CT molecular complexity index is 612. The van der Waals surface area contributed by atoms with Crippen LogP contribution in [0.5, 0.6) is 0 Å². The van der Waals surface area contributed by atoms with Crippen LogP contribution in [0.2, 0.25) is 0 Å². The van der Waals surface area contributed by atoms with Crippen molar-refractivity contribution in [3.63, 3.8) is 0 Å². The number of anilines is 1. The second-order valence-corrected chi connectivity index (χ2v) is 5.27. The molecular weight excluding hydrogens is 268 g/mol. The summed E-state index contributed by atoms with van der Waals surface area (Å²) in [5.74, 6) is 1.01. The second kappa shape index (κ2) is 5.95. The summed E-state index contributed by atoms with van der Waals surface area (Å²) in [5.41, 5.74) is 1.00. The van der Waals surface area contributed by atoms with Gasteiger partial charge in [-0.15, -0.1) is 0 Å². The van der Waals surface area contributed by atoms with E-state index in [9.17, 15) is 4.79 Å². The third kappa shape index (κ3) is 3.21. The number of carbonyl (C=O) groups is 1. The molecule has 1 saturated heterocycles. The topological polar surface area (TPSA) is 71.3 Å². The Balaban J connectivity index is 1.64. The zero-order valence-electron chi connectivity index (χ0n) is 12.0. The number of aromatic nitrogens is 2. The maximum Gasteiger partial charge on any atom is 0.290 e. The Morgan fingerprint density at radius 1 is 1.43 bits per heavy atom. The lowest BCUT2D eigenvalue weighted by atomic mass is 10.1. The largest absolute Gasteiger partial charge is 0.355 e. The quantitative estimate of drug-likeness (QED) is 0.931. The van der Waals surface area contributed by atoms with Gasteiger partial charge in [0, 0.05) is 30.9 Å². The zero-order valence-corrected chi connectivity index (χ0v) is 12.0. The van der Waals surface area contributed by atoms with Gasteiger partial charge in [-0.05, 0) is 31.9 Å². The summed E-state index contributed by atoms with van der Waals surface area (Å²) in [6.07, 6.45) is 3.46. The van der Waals surface area contributed by atoms with Crippen molar-refractivity contribution in [2.24, 2.45) is 0 Å². The van der Waals surface area contributed by atoms with E-state index in [1.807, 2.05) is 25.1 Å². The van der Waals surface area contributed by atoms with Crippen LogP contribution >= 0.6 is 0 Å². The Morgan fingerprint density at radius 2 is 2.33 bits per heavy atom. The van der Waals surface area contributed by atoms with Crippen LogP contribution in [0.3, 0.4) is 0 Å². The molecule has 6 heteroatoms. The number of nitrogens with one attached hydrogen (secondary N) is 1. The van der Waals surface area contributed by atoms with Gasteiger partial charge >= 0.3 is 0 Å². The van der Waals surface area contributed by atoms with E-state index in [2.05, 4.69) is 20.4 Å². The van der Waals surface area contributed by atoms with Gasteiger partial charge in [0.25, 0.3) is 5.91 Å². The zero-order chi connectivity index (χ0) is 14.7. The Kier molecular flexibility index (Phi) is 3.85. The van der Waals surface area contributed by atoms with Gasteiger partial charge in [0.05, 0.1) is 6.20 Å². The van der Waals surface area contributed by atoms with Gasteiger partial charge in [-0.1, -0.05) is 11.2 Å². The van der Waals surface area contributed by atoms with Crippen molar-refractivity contribution in [2.75, 3.05) is 18.0 Å². The molecule has 2 aromatic heterocycles. The first kappa shape index (κ1) is 13.6. The van der Waals surface area contributed by atoms with E-state index >= 15 is 0 Å². The van der Waals surface area contributed by atoms with E-state index in [-0.39, 0.29) is 17.7 Å². The molecule has 0 radical (unpaired) electrons. The molecule has 1 aliphatic rings. The van der Waals surface area contributed by atoms with Crippen LogP contribution in [0.25, 0.3) is 0 Å². The van der Waals surface area contributed by atoms with Gasteiger partial charge in [0.1, 0.15) is 5.82 Å². The van der Waals surface area contributed by atoms with Crippen LogP contribution in [0.15, 0.2) is 35.0 Å². The van der Waals surface area contributed by atoms with E-state index < -0.39 is 0 Å². The minimum Gasteiger partial charge on any atom is -0.355 e. The molecule has 1 N–H and O–H groups in total. The predicted molar refractivity (Wildman–Crippen MR) is 78.2 cm³/mol. The maximum atomic E-state index is 12.0. The van der Waals surface area contributed by atoms with E-state index in [0.29, 0.717) is 0 Å². The average Bonchev–Trinajstić information content (AvgIpc) is 3.02. The number of nitrogens with zero attached hydrogens (tertiary/aromatic N) is 3. The summed E-state index contributed by atoms with van der Waals surface area (Å²) in [4.78, 5) is 18.7. The van der Waals surface area contributed by atoms with Gasteiger partial charge in [0.2, 0.25) is 5.76 Å². The molecule has 1 atom stereocenters. The first-order valence-electron chi connectivity index (χ1n) is 7.12. The van der Waals surface area contributed by atoms with Crippen molar-refractivity contribution in [3.05, 3.63) is 41.9 Å². The Hall–Kier alpha value is -2.37. The lowest BCUT2D eigenvalue weighted by Gasteiger charge is -2.33. The molecule has 2 aromatic rings. The van der Waals surface area contributed by atoms with Crippen LogP contribution in [0, 0.1) is 6.92 Å². The summed E-state index contributed by atoms with van der Waals surface area (Å²) in [5, 5.41) is 6.55. The third-order valence-electron chi connectivity index (χ3n) is 3.62. The molecule has 1 fully saturated rings. The molecule has 1 unspecified atom stereocenters. The first-order chi connectivity index (χ1) is 10.2. The van der Waals surface area contributed by atoms with Crippen molar-refractivity contribution >= 4 is 11.7 Å².